The fraction of sp³-hybridized carbons (Fsp3) is 0.286. The number of aromatic nitrogens is 5. The van der Waals surface area contributed by atoms with Crippen LogP contribution in [0.5, 0.6) is 0 Å². The second-order valence-corrected chi connectivity index (χ2v) is 9.76. The maximum absolute atomic E-state index is 13.3. The zero-order chi connectivity index (χ0) is 21.6. The van der Waals surface area contributed by atoms with Gasteiger partial charge < -0.3 is 10.6 Å². The van der Waals surface area contributed by atoms with Gasteiger partial charge in [0.05, 0.1) is 22.2 Å². The van der Waals surface area contributed by atoms with E-state index in [4.69, 9.17) is 0 Å². The molecule has 0 amide bonds. The van der Waals surface area contributed by atoms with E-state index >= 15 is 0 Å². The first-order chi connectivity index (χ1) is 14.9. The number of hydrogen-bond acceptors (Lipinski definition) is 7. The average Bonchev–Trinajstić information content (AvgIpc) is 3.30. The van der Waals surface area contributed by atoms with E-state index in [0.717, 1.165) is 5.56 Å². The Labute approximate surface area is 180 Å². The normalized spacial score (nSPS) is 15.2. The van der Waals surface area contributed by atoms with Crippen molar-refractivity contribution in [2.75, 3.05) is 10.6 Å². The molecule has 0 spiro atoms. The van der Waals surface area contributed by atoms with Crippen LogP contribution in [0.25, 0.3) is 11.0 Å². The highest BCUT2D eigenvalue weighted by atomic mass is 32.2. The van der Waals surface area contributed by atoms with Crippen molar-refractivity contribution in [2.24, 2.45) is 5.92 Å². The number of hydrogen-bond donors (Lipinski definition) is 3. The number of nitrogens with one attached hydrogen (secondary N) is 3. The lowest BCUT2D eigenvalue weighted by Crippen LogP contribution is -2.19. The lowest BCUT2D eigenvalue weighted by molar-refractivity contribution is 0.589. The predicted octanol–water partition coefficient (Wildman–Crippen LogP) is 3.65. The molecular formula is C21H23N7O2S. The molecule has 3 aromatic heterocycles. The van der Waals surface area contributed by atoms with Crippen LogP contribution in [0.15, 0.2) is 53.8 Å². The van der Waals surface area contributed by atoms with Crippen LogP contribution in [0.3, 0.4) is 0 Å². The van der Waals surface area contributed by atoms with Gasteiger partial charge >= 0.3 is 0 Å². The van der Waals surface area contributed by atoms with Crippen LogP contribution < -0.4 is 10.6 Å². The highest BCUT2D eigenvalue weighted by Gasteiger charge is 2.29. The number of nitrogens with zero attached hydrogens (tertiary/aromatic N) is 4. The van der Waals surface area contributed by atoms with Crippen LogP contribution in [0, 0.1) is 12.8 Å². The van der Waals surface area contributed by atoms with E-state index < -0.39 is 10.0 Å². The number of aryl methyl sites for hydroxylation is 1. The molecule has 31 heavy (non-hydrogen) atoms. The molecule has 4 aromatic rings. The summed E-state index contributed by atoms with van der Waals surface area (Å²) in [5, 5.41) is 13.8. The van der Waals surface area contributed by atoms with Crippen molar-refractivity contribution in [3.63, 3.8) is 0 Å². The van der Waals surface area contributed by atoms with Crippen molar-refractivity contribution in [3.8, 4) is 0 Å². The zero-order valence-electron chi connectivity index (χ0n) is 17.2. The fourth-order valence-corrected chi connectivity index (χ4v) is 4.85. The lowest BCUT2D eigenvalue weighted by Gasteiger charge is -2.16. The number of fused-ring (bicyclic) bond motifs is 1. The van der Waals surface area contributed by atoms with Crippen molar-refractivity contribution in [2.45, 2.75) is 37.6 Å². The van der Waals surface area contributed by atoms with Gasteiger partial charge in [-0.2, -0.15) is 15.1 Å². The van der Waals surface area contributed by atoms with Crippen molar-refractivity contribution in [1.29, 1.82) is 0 Å². The van der Waals surface area contributed by atoms with Crippen LogP contribution in [-0.4, -0.2) is 38.6 Å². The third kappa shape index (κ3) is 3.74. The molecular weight excluding hydrogens is 414 g/mol. The van der Waals surface area contributed by atoms with E-state index in [1.165, 1.54) is 23.0 Å². The second-order valence-electron chi connectivity index (χ2n) is 7.95. The summed E-state index contributed by atoms with van der Waals surface area (Å²) in [4.78, 5) is 9.36. The predicted molar refractivity (Wildman–Crippen MR) is 119 cm³/mol. The highest BCUT2D eigenvalue weighted by Crippen LogP contribution is 2.35. The monoisotopic (exact) mass is 437 g/mol. The Morgan fingerprint density at radius 3 is 2.61 bits per heavy atom. The summed E-state index contributed by atoms with van der Waals surface area (Å²) in [6, 6.07) is 8.75. The van der Waals surface area contributed by atoms with E-state index in [1.54, 1.807) is 42.7 Å². The number of aromatic amines is 1. The first-order valence-corrected chi connectivity index (χ1v) is 11.6. The smallest absolute Gasteiger partial charge is 0.269 e. The summed E-state index contributed by atoms with van der Waals surface area (Å²) in [6.07, 6.45) is 7.19. The molecule has 1 atom stereocenters. The minimum atomic E-state index is -3.81. The summed E-state index contributed by atoms with van der Waals surface area (Å²) in [5.74, 6) is 1.50. The Morgan fingerprint density at radius 1 is 1.16 bits per heavy atom. The Hall–Kier alpha value is -3.40. The second kappa shape index (κ2) is 7.38. The van der Waals surface area contributed by atoms with Crippen LogP contribution in [0.2, 0.25) is 0 Å². The van der Waals surface area contributed by atoms with E-state index in [2.05, 4.69) is 37.7 Å². The van der Waals surface area contributed by atoms with Gasteiger partial charge in [0.2, 0.25) is 5.95 Å². The van der Waals surface area contributed by atoms with E-state index in [-0.39, 0.29) is 10.9 Å². The van der Waals surface area contributed by atoms with Gasteiger partial charge in [0, 0.05) is 18.4 Å². The molecule has 0 radical (unpaired) electrons. The average molecular weight is 438 g/mol. The fourth-order valence-electron chi connectivity index (χ4n) is 3.55. The molecule has 0 unspecified atom stereocenters. The molecule has 1 fully saturated rings. The summed E-state index contributed by atoms with van der Waals surface area (Å²) in [6.45, 7) is 4.04. The first-order valence-electron chi connectivity index (χ1n) is 10.2. The Balaban J connectivity index is 1.63. The summed E-state index contributed by atoms with van der Waals surface area (Å²) >= 11 is 0. The molecule has 10 heteroatoms. The van der Waals surface area contributed by atoms with E-state index in [9.17, 15) is 8.42 Å². The molecule has 3 N–H and O–H groups in total. The SMILES string of the molecule is Cc1ccc(S(=O)(=O)n2ccc3c(N[C@@H](C)C4CC4)nc(Nc4cn[nH]c4)nc32)cc1. The van der Waals surface area contributed by atoms with E-state index in [0.29, 0.717) is 34.4 Å². The van der Waals surface area contributed by atoms with Crippen LogP contribution in [-0.2, 0) is 10.0 Å². The van der Waals surface area contributed by atoms with Crippen molar-refractivity contribution in [1.82, 2.24) is 24.1 Å². The topological polar surface area (TPSA) is 118 Å². The van der Waals surface area contributed by atoms with Gasteiger partial charge in [0.25, 0.3) is 10.0 Å². The van der Waals surface area contributed by atoms with Crippen LogP contribution in [0.4, 0.5) is 17.5 Å². The van der Waals surface area contributed by atoms with Gasteiger partial charge in [-0.25, -0.2) is 12.4 Å². The summed E-state index contributed by atoms with van der Waals surface area (Å²) in [7, 11) is -3.81. The van der Waals surface area contributed by atoms with Crippen molar-refractivity contribution < 1.29 is 8.42 Å². The van der Waals surface area contributed by atoms with Gasteiger partial charge in [-0.05, 0) is 50.8 Å². The van der Waals surface area contributed by atoms with Crippen LogP contribution in [0.1, 0.15) is 25.3 Å². The largest absolute Gasteiger partial charge is 0.367 e. The summed E-state index contributed by atoms with van der Waals surface area (Å²) < 4.78 is 27.9. The number of benzene rings is 1. The Kier molecular flexibility index (Phi) is 4.66. The van der Waals surface area contributed by atoms with Gasteiger partial charge in [-0.3, -0.25) is 5.10 Å². The van der Waals surface area contributed by atoms with Gasteiger partial charge in [-0.1, -0.05) is 17.7 Å². The molecule has 0 saturated heterocycles. The quantitative estimate of drug-likeness (QED) is 0.404. The Morgan fingerprint density at radius 2 is 1.94 bits per heavy atom. The number of H-pyrrole nitrogens is 1. The Bertz CT molecular complexity index is 1320. The minimum Gasteiger partial charge on any atom is -0.367 e. The molecule has 1 aromatic carbocycles. The highest BCUT2D eigenvalue weighted by molar-refractivity contribution is 7.90. The summed E-state index contributed by atoms with van der Waals surface area (Å²) in [5.41, 5.74) is 1.98. The molecule has 1 saturated carbocycles. The molecule has 3 heterocycles. The molecule has 1 aliphatic rings. The molecule has 9 nitrogen and oxygen atoms in total. The molecule has 1 aliphatic carbocycles. The van der Waals surface area contributed by atoms with Crippen molar-refractivity contribution in [3.05, 3.63) is 54.5 Å². The lowest BCUT2D eigenvalue weighted by atomic mass is 10.2. The molecule has 0 aliphatic heterocycles. The minimum absolute atomic E-state index is 0.208. The number of anilines is 3. The zero-order valence-corrected chi connectivity index (χ0v) is 18.0. The van der Waals surface area contributed by atoms with Crippen LogP contribution >= 0.6 is 0 Å². The van der Waals surface area contributed by atoms with Crippen molar-refractivity contribution >= 4 is 38.5 Å². The molecule has 0 bridgehead atoms. The first kappa shape index (κ1) is 19.6. The standard InChI is InChI=1S/C21H23N7O2S/c1-13-3-7-17(8-4-13)31(29,30)28-10-9-18-19(24-14(2)15-5-6-15)26-21(27-20(18)28)25-16-11-22-23-12-16/h3-4,7-12,14-15H,5-6H2,1-2H3,(H,22,23)(H2,24,25,26,27)/t14-/m0/s1. The molecule has 5 rings (SSSR count). The van der Waals surface area contributed by atoms with Gasteiger partial charge in [0.15, 0.2) is 5.65 Å². The third-order valence-corrected chi connectivity index (χ3v) is 7.22. The maximum atomic E-state index is 13.3. The maximum Gasteiger partial charge on any atom is 0.269 e. The van der Waals surface area contributed by atoms with E-state index in [1.807, 2.05) is 6.92 Å². The van der Waals surface area contributed by atoms with Gasteiger partial charge in [-0.15, -0.1) is 0 Å². The number of rotatable bonds is 7. The third-order valence-electron chi connectivity index (χ3n) is 5.54. The van der Waals surface area contributed by atoms with Gasteiger partial charge in [0.1, 0.15) is 5.82 Å². The molecule has 160 valence electrons.